The maximum absolute atomic E-state index is 13.4. The number of carbonyl (C=O) groups is 2. The molecule has 0 aliphatic heterocycles. The first-order valence-corrected chi connectivity index (χ1v) is 11.7. The summed E-state index contributed by atoms with van der Waals surface area (Å²) in [6.45, 7) is 3.89. The molecule has 6 heteroatoms. The van der Waals surface area contributed by atoms with Crippen LogP contribution in [0.1, 0.15) is 35.9 Å². The molecule has 0 aromatic heterocycles. The molecule has 0 spiro atoms. The van der Waals surface area contributed by atoms with Crippen LogP contribution in [0.25, 0.3) is 0 Å². The second-order valence-electron chi connectivity index (χ2n) is 8.82. The van der Waals surface area contributed by atoms with Crippen LogP contribution in [0, 0.1) is 17.3 Å². The van der Waals surface area contributed by atoms with Gasteiger partial charge in [-0.3, -0.25) is 9.59 Å². The zero-order chi connectivity index (χ0) is 24.3. The van der Waals surface area contributed by atoms with Crippen LogP contribution < -0.4 is 4.74 Å². The molecule has 3 atom stereocenters. The molecule has 0 N–H and O–H groups in total. The van der Waals surface area contributed by atoms with Gasteiger partial charge in [0.25, 0.3) is 0 Å². The number of esters is 1. The third-order valence-electron chi connectivity index (χ3n) is 6.14. The van der Waals surface area contributed by atoms with Gasteiger partial charge in [-0.15, -0.1) is 0 Å². The molecule has 174 valence electrons. The van der Waals surface area contributed by atoms with Crippen molar-refractivity contribution in [2.45, 2.75) is 20.0 Å². The number of ketones is 1. The maximum atomic E-state index is 13.4. The average molecular weight is 495 g/mol. The summed E-state index contributed by atoms with van der Waals surface area (Å²) < 4.78 is 11.9. The number of benzene rings is 3. The molecule has 1 fully saturated rings. The van der Waals surface area contributed by atoms with E-state index in [-0.39, 0.29) is 21.6 Å². The molecule has 0 radical (unpaired) electrons. The standard InChI is InChI=1S/C28H24Cl2O4/c1-28(2)22(17-23(29)30)24(28)27(32)34-26(25(31)18-10-5-3-6-11-18)19-12-9-15-21(16-19)33-20-13-7-4-8-14-20/h3-17,22,24,26H,1-2H3/t22-,24-,26?/m1/s1. The molecule has 0 saturated heterocycles. The fourth-order valence-electron chi connectivity index (χ4n) is 4.16. The first-order valence-electron chi connectivity index (χ1n) is 10.9. The van der Waals surface area contributed by atoms with Gasteiger partial charge in [0, 0.05) is 11.1 Å². The van der Waals surface area contributed by atoms with Crippen molar-refractivity contribution in [1.82, 2.24) is 0 Å². The van der Waals surface area contributed by atoms with E-state index in [0.717, 1.165) is 0 Å². The molecule has 4 nitrogen and oxygen atoms in total. The Morgan fingerprint density at radius 1 is 0.882 bits per heavy atom. The van der Waals surface area contributed by atoms with Crippen molar-refractivity contribution in [3.8, 4) is 11.5 Å². The molecule has 0 amide bonds. The highest BCUT2D eigenvalue weighted by atomic mass is 35.5. The third-order valence-corrected chi connectivity index (χ3v) is 6.39. The maximum Gasteiger partial charge on any atom is 0.311 e. The molecule has 1 unspecified atom stereocenters. The first-order chi connectivity index (χ1) is 16.3. The molecule has 4 rings (SSSR count). The van der Waals surface area contributed by atoms with Gasteiger partial charge >= 0.3 is 5.97 Å². The Bertz CT molecular complexity index is 1200. The number of carbonyl (C=O) groups excluding carboxylic acids is 2. The predicted molar refractivity (Wildman–Crippen MR) is 133 cm³/mol. The molecule has 0 bridgehead atoms. The number of halogens is 2. The third kappa shape index (κ3) is 5.35. The number of ether oxygens (including phenoxy) is 2. The number of rotatable bonds is 8. The second kappa shape index (κ2) is 10.0. The first kappa shape index (κ1) is 24.1. The topological polar surface area (TPSA) is 52.6 Å². The summed E-state index contributed by atoms with van der Waals surface area (Å²) in [4.78, 5) is 26.6. The summed E-state index contributed by atoms with van der Waals surface area (Å²) >= 11 is 11.7. The molecule has 3 aromatic rings. The minimum atomic E-state index is -1.12. The summed E-state index contributed by atoms with van der Waals surface area (Å²) in [6.07, 6.45) is 0.527. The van der Waals surface area contributed by atoms with E-state index in [0.29, 0.717) is 22.6 Å². The average Bonchev–Trinajstić information content (AvgIpc) is 3.37. The zero-order valence-electron chi connectivity index (χ0n) is 18.8. The molecular weight excluding hydrogens is 471 g/mol. The van der Waals surface area contributed by atoms with Crippen molar-refractivity contribution in [2.75, 3.05) is 0 Å². The summed E-state index contributed by atoms with van der Waals surface area (Å²) in [7, 11) is 0. The minimum absolute atomic E-state index is 0.107. The van der Waals surface area contributed by atoms with Crippen LogP contribution in [0.2, 0.25) is 0 Å². The Kier molecular flexibility index (Phi) is 7.11. The van der Waals surface area contributed by atoms with Gasteiger partial charge in [-0.05, 0) is 41.7 Å². The fourth-order valence-corrected chi connectivity index (χ4v) is 4.43. The molecule has 34 heavy (non-hydrogen) atoms. The van der Waals surface area contributed by atoms with Gasteiger partial charge in [0.2, 0.25) is 5.78 Å². The highest BCUT2D eigenvalue weighted by Crippen LogP contribution is 2.60. The molecule has 1 aliphatic rings. The number of allylic oxidation sites excluding steroid dienone is 1. The summed E-state index contributed by atoms with van der Waals surface area (Å²) in [5.74, 6) is -0.196. The smallest absolute Gasteiger partial charge is 0.311 e. The van der Waals surface area contributed by atoms with Crippen molar-refractivity contribution in [2.24, 2.45) is 17.3 Å². The summed E-state index contributed by atoms with van der Waals surface area (Å²) in [5, 5.41) is 0. The summed E-state index contributed by atoms with van der Waals surface area (Å²) in [6, 6.07) is 25.1. The van der Waals surface area contributed by atoms with Gasteiger partial charge in [-0.25, -0.2) is 0 Å². The van der Waals surface area contributed by atoms with Crippen LogP contribution >= 0.6 is 23.2 Å². The predicted octanol–water partition coefficient (Wildman–Crippen LogP) is 7.54. The number of Topliss-reactive ketones (excluding diaryl/α,β-unsaturated/α-hetero) is 1. The van der Waals surface area contributed by atoms with Crippen LogP contribution in [0.3, 0.4) is 0 Å². The Morgan fingerprint density at radius 3 is 2.15 bits per heavy atom. The highest BCUT2D eigenvalue weighted by molar-refractivity contribution is 6.55. The normalized spacial score (nSPS) is 18.9. The Labute approximate surface area is 209 Å². The van der Waals surface area contributed by atoms with E-state index < -0.39 is 18.0 Å². The van der Waals surface area contributed by atoms with Crippen molar-refractivity contribution in [3.05, 3.63) is 107 Å². The van der Waals surface area contributed by atoms with E-state index in [1.165, 1.54) is 0 Å². The van der Waals surface area contributed by atoms with E-state index in [4.69, 9.17) is 32.7 Å². The van der Waals surface area contributed by atoms with Gasteiger partial charge in [0.05, 0.1) is 5.92 Å². The van der Waals surface area contributed by atoms with Crippen LogP contribution in [0.4, 0.5) is 0 Å². The van der Waals surface area contributed by atoms with E-state index in [9.17, 15) is 9.59 Å². The van der Waals surface area contributed by atoms with Crippen LogP contribution in [-0.4, -0.2) is 11.8 Å². The lowest BCUT2D eigenvalue weighted by Crippen LogP contribution is -2.22. The van der Waals surface area contributed by atoms with Crippen LogP contribution in [0.15, 0.2) is 95.5 Å². The van der Waals surface area contributed by atoms with E-state index in [1.807, 2.05) is 50.2 Å². The van der Waals surface area contributed by atoms with E-state index >= 15 is 0 Å². The Balaban J connectivity index is 1.63. The highest BCUT2D eigenvalue weighted by Gasteiger charge is 2.62. The lowest BCUT2D eigenvalue weighted by molar-refractivity contribution is -0.150. The zero-order valence-corrected chi connectivity index (χ0v) is 20.3. The molecule has 1 saturated carbocycles. The number of hydrogen-bond donors (Lipinski definition) is 0. The van der Waals surface area contributed by atoms with Gasteiger partial charge in [0.1, 0.15) is 16.0 Å². The molecule has 3 aromatic carbocycles. The number of hydrogen-bond acceptors (Lipinski definition) is 4. The molecule has 1 aliphatic carbocycles. The van der Waals surface area contributed by atoms with E-state index in [1.54, 1.807) is 54.6 Å². The molecular formula is C28H24Cl2O4. The van der Waals surface area contributed by atoms with Crippen molar-refractivity contribution < 1.29 is 19.1 Å². The van der Waals surface area contributed by atoms with Gasteiger partial charge in [0.15, 0.2) is 6.10 Å². The largest absolute Gasteiger partial charge is 0.457 e. The lowest BCUT2D eigenvalue weighted by Gasteiger charge is -2.19. The fraction of sp³-hybridized carbons (Fsp3) is 0.214. The van der Waals surface area contributed by atoms with Gasteiger partial charge < -0.3 is 9.47 Å². The van der Waals surface area contributed by atoms with Crippen LogP contribution in [-0.2, 0) is 9.53 Å². The van der Waals surface area contributed by atoms with Crippen molar-refractivity contribution in [1.29, 1.82) is 0 Å². The summed E-state index contributed by atoms with van der Waals surface area (Å²) in [5.41, 5.74) is 0.603. The quantitative estimate of drug-likeness (QED) is 0.239. The van der Waals surface area contributed by atoms with Crippen molar-refractivity contribution >= 4 is 35.0 Å². The SMILES string of the molecule is CC1(C)[C@H](C=C(Cl)Cl)[C@@H]1C(=O)OC(C(=O)c1ccccc1)c1cccc(Oc2ccccc2)c1. The Hall–Kier alpha value is -3.08. The molecule has 0 heterocycles. The van der Waals surface area contributed by atoms with Gasteiger partial charge in [-0.2, -0.15) is 0 Å². The van der Waals surface area contributed by atoms with Crippen molar-refractivity contribution in [3.63, 3.8) is 0 Å². The van der Waals surface area contributed by atoms with Crippen LogP contribution in [0.5, 0.6) is 11.5 Å². The Morgan fingerprint density at radius 2 is 1.50 bits per heavy atom. The second-order valence-corrected chi connectivity index (χ2v) is 9.82. The lowest BCUT2D eigenvalue weighted by atomic mass is 9.99. The van der Waals surface area contributed by atoms with E-state index in [2.05, 4.69) is 0 Å². The minimum Gasteiger partial charge on any atom is -0.457 e. The number of para-hydroxylation sites is 1. The van der Waals surface area contributed by atoms with Gasteiger partial charge in [-0.1, -0.05) is 97.7 Å². The monoisotopic (exact) mass is 494 g/mol.